The van der Waals surface area contributed by atoms with E-state index in [0.29, 0.717) is 35.1 Å². The van der Waals surface area contributed by atoms with E-state index in [9.17, 15) is 19.2 Å². The number of hydrogen-bond acceptors (Lipinski definition) is 5. The number of carbonyl (C=O) groups excluding carboxylic acids is 4. The van der Waals surface area contributed by atoms with Gasteiger partial charge in [-0.05, 0) is 71.5 Å². The van der Waals surface area contributed by atoms with E-state index in [1.165, 1.54) is 26.8 Å². The van der Waals surface area contributed by atoms with Gasteiger partial charge in [-0.2, -0.15) is 0 Å². The molecule has 0 unspecified atom stereocenters. The van der Waals surface area contributed by atoms with Crippen LogP contribution in [0.4, 0.5) is 0 Å². The molecule has 0 aliphatic carbocycles. The molecule has 0 saturated heterocycles. The van der Waals surface area contributed by atoms with Gasteiger partial charge in [0.2, 0.25) is 17.7 Å². The average molecular weight is 1880 g/mol. The second-order valence-corrected chi connectivity index (χ2v) is 82.4. The van der Waals surface area contributed by atoms with Crippen LogP contribution in [0.25, 0.3) is 0 Å². The zero-order valence-electron chi connectivity index (χ0n) is 35.3. The molecule has 0 spiro atoms. The summed E-state index contributed by atoms with van der Waals surface area (Å²) in [6, 6.07) is 0.764. The molecule has 0 aromatic carbocycles. The van der Waals surface area contributed by atoms with Crippen LogP contribution in [0.1, 0.15) is 83.1 Å². The molecule has 20 heteroatoms. The third kappa shape index (κ3) is 146. The van der Waals surface area contributed by atoms with Crippen LogP contribution in [0.3, 0.4) is 0 Å². The normalized spacial score (nSPS) is 8.74. The first kappa shape index (κ1) is 86.8. The number of nitrogens with zero attached hydrogens (tertiary/aromatic N) is 4. The summed E-state index contributed by atoms with van der Waals surface area (Å²) < 4.78 is 0. The minimum absolute atomic E-state index is 0. The molecule has 0 saturated carbocycles. The van der Waals surface area contributed by atoms with Crippen molar-refractivity contribution in [2.45, 2.75) is 109 Å². The predicted molar refractivity (Wildman–Crippen MR) is 309 cm³/mol. The molecule has 0 N–H and O–H groups in total. The first-order chi connectivity index (χ1) is 23.3. The Kier molecular flexibility index (Phi) is 105. The Balaban J connectivity index is -0.0000000444. The van der Waals surface area contributed by atoms with E-state index in [1.54, 1.807) is 49.0 Å². The summed E-state index contributed by atoms with van der Waals surface area (Å²) in [7, 11) is 14.3. The monoisotopic (exact) mass is 1880 g/mol. The van der Waals surface area contributed by atoms with Crippen LogP contribution >= 0.6 is 160 Å². The van der Waals surface area contributed by atoms with Gasteiger partial charge in [-0.3, -0.25) is 14.4 Å². The fourth-order valence-electron chi connectivity index (χ4n) is 2.04. The number of amides is 3. The zero-order valence-corrected chi connectivity index (χ0v) is 58.5. The minimum atomic E-state index is -1.17. The number of hydrogen-bond donors (Lipinski definition) is 0. The molecular weight excluding hydrogens is 1800 g/mol. The van der Waals surface area contributed by atoms with E-state index >= 15 is 0 Å². The molecule has 0 radical (unpaired) electrons. The third-order valence-corrected chi connectivity index (χ3v) is 5.63. The van der Waals surface area contributed by atoms with Gasteiger partial charge in [0.25, 0.3) is 0 Å². The summed E-state index contributed by atoms with van der Waals surface area (Å²) in [4.78, 5) is 51.0. The van der Waals surface area contributed by atoms with E-state index < -0.39 is 8.07 Å². The Morgan fingerprint density at radius 2 is 0.981 bits per heavy atom. The third-order valence-electron chi connectivity index (χ3n) is 4.27. The van der Waals surface area contributed by atoms with Crippen molar-refractivity contribution in [1.29, 1.82) is 0 Å². The van der Waals surface area contributed by atoms with Gasteiger partial charge in [-0.25, -0.2) is 0 Å². The molecule has 0 fully saturated rings. The van der Waals surface area contributed by atoms with Gasteiger partial charge in [0.15, 0.2) is 0 Å². The van der Waals surface area contributed by atoms with Crippen LogP contribution in [0.15, 0.2) is 11.6 Å². The summed E-state index contributed by atoms with van der Waals surface area (Å²) in [5.74, 6) is 2.01. The molecule has 0 rings (SSSR count). The number of halogens is 9. The molecule has 3 amide bonds. The van der Waals surface area contributed by atoms with Gasteiger partial charge >= 0.3 is 165 Å². The topological polar surface area (TPSA) is 81.2 Å². The number of ketones is 1. The van der Waals surface area contributed by atoms with Crippen molar-refractivity contribution in [2.24, 2.45) is 11.8 Å². The summed E-state index contributed by atoms with van der Waals surface area (Å²) in [5, 5.41) is 0. The molecule has 8 nitrogen and oxygen atoms in total. The van der Waals surface area contributed by atoms with Crippen LogP contribution < -0.4 is 13.3 Å². The number of Topliss-reactive ketones (excluding diaryl/α,β-unsaturated/α-hetero) is 1. The van der Waals surface area contributed by atoms with E-state index in [1.807, 2.05) is 46.7 Å². The van der Waals surface area contributed by atoms with Crippen LogP contribution in [-0.2, 0) is 33.6 Å². The first-order valence-corrected chi connectivity index (χ1v) is 56.6. The number of allylic oxidation sites excluding steroid dienone is 1. The van der Waals surface area contributed by atoms with Gasteiger partial charge in [-0.1, -0.05) is 90.4 Å². The van der Waals surface area contributed by atoms with Crippen LogP contribution in [0.5, 0.6) is 0 Å². The molecule has 337 valence electrons. The molecule has 0 bridgehead atoms. The van der Waals surface area contributed by atoms with Gasteiger partial charge in [0.1, 0.15) is 5.78 Å². The van der Waals surface area contributed by atoms with Crippen molar-refractivity contribution < 1.29 is 46.8 Å². The number of likely N-dealkylation sites (N-methyl/N-ethyl adjacent to an activating group) is 1. The molecular formula is C34H79I9N4O4SiV2-. The van der Waals surface area contributed by atoms with Gasteiger partial charge in [0, 0.05) is 60.8 Å². The SMILES string of the molecule is C.C.CC(C)=CC(=O)N(C)C.CC(C)=O.CC(C)CC(=O)N(C)C.CC(C)CCN(C)C.CI.CN(C)C(=O)C[Si](C)(C)C.I[I-]I.[I][V]([I])[I].[I][V][I]. The van der Waals surface area contributed by atoms with Crippen molar-refractivity contribution in [3.8, 4) is 0 Å². The zero-order chi connectivity index (χ0) is 44.4. The van der Waals surface area contributed by atoms with Crippen LogP contribution in [0, 0.1) is 11.8 Å². The van der Waals surface area contributed by atoms with Crippen LogP contribution in [-0.4, -0.2) is 119 Å². The van der Waals surface area contributed by atoms with Crippen molar-refractivity contribution >= 4 is 191 Å². The van der Waals surface area contributed by atoms with Gasteiger partial charge < -0.3 is 24.4 Å². The van der Waals surface area contributed by atoms with Gasteiger partial charge in [0.05, 0.1) is 8.07 Å². The fraction of sp³-hybridized carbons (Fsp3) is 0.824. The van der Waals surface area contributed by atoms with Crippen LogP contribution in [0.2, 0.25) is 25.7 Å². The number of alkyl halides is 1. The van der Waals surface area contributed by atoms with E-state index in [0.717, 1.165) is 17.5 Å². The molecule has 0 aromatic heterocycles. The van der Waals surface area contributed by atoms with E-state index in [4.69, 9.17) is 0 Å². The second kappa shape index (κ2) is 65.4. The summed E-state index contributed by atoms with van der Waals surface area (Å²) in [6.07, 6.45) is 3.58. The van der Waals surface area contributed by atoms with Crippen molar-refractivity contribution in [3.05, 3.63) is 11.6 Å². The average Bonchev–Trinajstić information content (AvgIpc) is 2.92. The number of rotatable bonds is 8. The second-order valence-electron chi connectivity index (χ2n) is 13.6. The fourth-order valence-corrected chi connectivity index (χ4v) is 3.26. The quantitative estimate of drug-likeness (QED) is 0.105. The van der Waals surface area contributed by atoms with Crippen molar-refractivity contribution in [1.82, 2.24) is 19.6 Å². The summed E-state index contributed by atoms with van der Waals surface area (Å²) >= 11 is 19.6. The summed E-state index contributed by atoms with van der Waals surface area (Å²) in [6.45, 7) is 23.3. The molecule has 0 aliphatic rings. The predicted octanol–water partition coefficient (Wildman–Crippen LogP) is 11.3. The summed E-state index contributed by atoms with van der Waals surface area (Å²) in [5.41, 5.74) is 1.04. The molecule has 0 aromatic rings. The maximum atomic E-state index is 11.1. The standard InChI is InChI=1S/C7H17NOSi.C7H15NO.C7H13NO.C7H17N.C3H6O.CH3I.2CH4.I3.5HI.2V/c1-8(2)7(9)6-10(3,4)5;2*1-6(2)5-7(9)8(3)4;1-7(2)5-6-8(3)4;1-3(2)4;1-2;;;1-3-2;;;;;;;/h6H2,1-5H3;6H,5H2,1-4H3;5H,1-4H3;7H,5-6H2,1-4H3;1-2H3;1H3;2*1H4;;5*1H;;/q;;;;;;;;-1;;;;;;+2;+3/p-5. The van der Waals surface area contributed by atoms with E-state index in [-0.39, 0.29) is 43.3 Å². The Morgan fingerprint density at radius 1 is 0.704 bits per heavy atom. The first-order valence-electron chi connectivity index (χ1n) is 15.7. The molecule has 0 heterocycles. The van der Waals surface area contributed by atoms with Gasteiger partial charge in [-0.15, -0.1) is 0 Å². The number of carbonyl (C=O) groups is 4. The Bertz CT molecular complexity index is 808. The molecule has 0 atom stereocenters. The maximum absolute atomic E-state index is 11.1. The molecule has 54 heavy (non-hydrogen) atoms. The van der Waals surface area contributed by atoms with Crippen molar-refractivity contribution in [2.75, 3.05) is 67.9 Å². The van der Waals surface area contributed by atoms with E-state index in [2.05, 4.69) is 212 Å². The Hall–Kier alpha value is 5.74. The Labute approximate surface area is 448 Å². The molecule has 0 aliphatic heterocycles. The Morgan fingerprint density at radius 3 is 1.06 bits per heavy atom. The van der Waals surface area contributed by atoms with Crippen molar-refractivity contribution in [3.63, 3.8) is 0 Å².